The van der Waals surface area contributed by atoms with E-state index in [0.717, 1.165) is 0 Å². The molecule has 0 saturated heterocycles. The number of nitrogens with zero attached hydrogens (tertiary/aromatic N) is 1. The Hall–Kier alpha value is -2.50. The molecule has 2 aromatic rings. The quantitative estimate of drug-likeness (QED) is 0.664. The van der Waals surface area contributed by atoms with Crippen LogP contribution in [0.25, 0.3) is 11.0 Å². The number of ether oxygens (including phenoxy) is 1. The lowest BCUT2D eigenvalue weighted by molar-refractivity contribution is -0.132. The number of hydrogen-bond acceptors (Lipinski definition) is 5. The van der Waals surface area contributed by atoms with Gasteiger partial charge in [0.1, 0.15) is 5.58 Å². The standard InChI is InChI=1S/C13H14N2O4/c1-15(2)12(16)7-18-13(17)11-6-8-5-9(14)3-4-10(8)19-11/h3-6H,7,14H2,1-2H3. The Morgan fingerprint density at radius 1 is 1.32 bits per heavy atom. The summed E-state index contributed by atoms with van der Waals surface area (Å²) in [4.78, 5) is 24.3. The number of benzene rings is 1. The predicted molar refractivity (Wildman–Crippen MR) is 69.6 cm³/mol. The third kappa shape index (κ3) is 2.85. The van der Waals surface area contributed by atoms with E-state index in [1.54, 1.807) is 32.3 Å². The number of esters is 1. The van der Waals surface area contributed by atoms with Gasteiger partial charge < -0.3 is 19.8 Å². The Bertz CT molecular complexity index is 631. The van der Waals surface area contributed by atoms with E-state index in [2.05, 4.69) is 0 Å². The molecule has 0 saturated carbocycles. The van der Waals surface area contributed by atoms with Crippen LogP contribution in [0.5, 0.6) is 0 Å². The number of nitrogens with two attached hydrogens (primary N) is 1. The monoisotopic (exact) mass is 262 g/mol. The summed E-state index contributed by atoms with van der Waals surface area (Å²) in [7, 11) is 3.17. The van der Waals surface area contributed by atoms with Crippen LogP contribution in [-0.4, -0.2) is 37.5 Å². The molecule has 0 aliphatic heterocycles. The number of carbonyl (C=O) groups is 2. The van der Waals surface area contributed by atoms with E-state index in [-0.39, 0.29) is 18.3 Å². The Morgan fingerprint density at radius 3 is 2.74 bits per heavy atom. The Kier molecular flexibility index (Phi) is 3.41. The van der Waals surface area contributed by atoms with Gasteiger partial charge in [-0.25, -0.2) is 4.79 Å². The van der Waals surface area contributed by atoms with Gasteiger partial charge >= 0.3 is 5.97 Å². The largest absolute Gasteiger partial charge is 0.450 e. The van der Waals surface area contributed by atoms with Gasteiger partial charge in [0.05, 0.1) is 0 Å². The molecule has 19 heavy (non-hydrogen) atoms. The highest BCUT2D eigenvalue weighted by molar-refractivity contribution is 5.94. The van der Waals surface area contributed by atoms with Crippen LogP contribution < -0.4 is 5.73 Å². The molecule has 0 atom stereocenters. The van der Waals surface area contributed by atoms with E-state index >= 15 is 0 Å². The number of fused-ring (bicyclic) bond motifs is 1. The first kappa shape index (κ1) is 12.9. The van der Waals surface area contributed by atoms with Crippen LogP contribution in [0.4, 0.5) is 5.69 Å². The molecular weight excluding hydrogens is 248 g/mol. The molecule has 0 aliphatic rings. The zero-order valence-electron chi connectivity index (χ0n) is 10.7. The summed E-state index contributed by atoms with van der Waals surface area (Å²) >= 11 is 0. The smallest absolute Gasteiger partial charge is 0.374 e. The molecule has 0 bridgehead atoms. The van der Waals surface area contributed by atoms with Gasteiger partial charge in [-0.1, -0.05) is 0 Å². The fraction of sp³-hybridized carbons (Fsp3) is 0.231. The number of anilines is 1. The van der Waals surface area contributed by atoms with Crippen molar-refractivity contribution < 1.29 is 18.7 Å². The van der Waals surface area contributed by atoms with Gasteiger partial charge in [0.25, 0.3) is 5.91 Å². The number of amides is 1. The highest BCUT2D eigenvalue weighted by atomic mass is 16.5. The lowest BCUT2D eigenvalue weighted by atomic mass is 10.2. The topological polar surface area (TPSA) is 85.8 Å². The molecule has 0 radical (unpaired) electrons. The highest BCUT2D eigenvalue weighted by Gasteiger charge is 2.16. The Balaban J connectivity index is 2.11. The molecular formula is C13H14N2O4. The summed E-state index contributed by atoms with van der Waals surface area (Å²) < 4.78 is 10.2. The van der Waals surface area contributed by atoms with E-state index in [1.807, 2.05) is 0 Å². The fourth-order valence-electron chi connectivity index (χ4n) is 1.49. The molecule has 1 amide bonds. The molecule has 0 spiro atoms. The van der Waals surface area contributed by atoms with Crippen LogP contribution in [0.15, 0.2) is 28.7 Å². The van der Waals surface area contributed by atoms with Crippen molar-refractivity contribution in [1.82, 2.24) is 4.90 Å². The predicted octanol–water partition coefficient (Wildman–Crippen LogP) is 1.26. The normalized spacial score (nSPS) is 10.4. The Morgan fingerprint density at radius 2 is 2.05 bits per heavy atom. The minimum absolute atomic E-state index is 0.0483. The van der Waals surface area contributed by atoms with Crippen molar-refractivity contribution in [3.8, 4) is 0 Å². The van der Waals surface area contributed by atoms with Gasteiger partial charge in [-0.2, -0.15) is 0 Å². The Labute approximate surface area is 109 Å². The third-order valence-corrected chi connectivity index (χ3v) is 2.57. The van der Waals surface area contributed by atoms with Crippen molar-refractivity contribution in [2.75, 3.05) is 26.4 Å². The first-order chi connectivity index (χ1) is 8.97. The molecule has 2 N–H and O–H groups in total. The van der Waals surface area contributed by atoms with E-state index in [9.17, 15) is 9.59 Å². The highest BCUT2D eigenvalue weighted by Crippen LogP contribution is 2.22. The van der Waals surface area contributed by atoms with Crippen molar-refractivity contribution in [2.24, 2.45) is 0 Å². The van der Waals surface area contributed by atoms with Crippen LogP contribution >= 0.6 is 0 Å². The molecule has 2 rings (SSSR count). The summed E-state index contributed by atoms with van der Waals surface area (Å²) in [6.45, 7) is -0.314. The third-order valence-electron chi connectivity index (χ3n) is 2.57. The minimum Gasteiger partial charge on any atom is -0.450 e. The van der Waals surface area contributed by atoms with Crippen LogP contribution in [0.3, 0.4) is 0 Å². The number of rotatable bonds is 3. The van der Waals surface area contributed by atoms with Gasteiger partial charge in [0.15, 0.2) is 6.61 Å². The zero-order chi connectivity index (χ0) is 14.0. The van der Waals surface area contributed by atoms with Gasteiger partial charge in [-0.05, 0) is 24.3 Å². The summed E-state index contributed by atoms with van der Waals surface area (Å²) in [5.41, 5.74) is 6.75. The maximum Gasteiger partial charge on any atom is 0.374 e. The van der Waals surface area contributed by atoms with Crippen molar-refractivity contribution in [3.63, 3.8) is 0 Å². The zero-order valence-corrected chi connectivity index (χ0v) is 10.7. The van der Waals surface area contributed by atoms with E-state index in [0.29, 0.717) is 16.7 Å². The molecule has 1 heterocycles. The number of likely N-dealkylation sites (N-methyl/N-ethyl adjacent to an activating group) is 1. The van der Waals surface area contributed by atoms with E-state index in [4.69, 9.17) is 14.9 Å². The van der Waals surface area contributed by atoms with Crippen molar-refractivity contribution in [3.05, 3.63) is 30.0 Å². The second-order valence-corrected chi connectivity index (χ2v) is 4.27. The molecule has 1 aromatic carbocycles. The van der Waals surface area contributed by atoms with Crippen molar-refractivity contribution in [1.29, 1.82) is 0 Å². The second kappa shape index (κ2) is 5.01. The lowest BCUT2D eigenvalue weighted by Gasteiger charge is -2.09. The van der Waals surface area contributed by atoms with Crippen LogP contribution in [0, 0.1) is 0 Å². The molecule has 100 valence electrons. The van der Waals surface area contributed by atoms with E-state index < -0.39 is 5.97 Å². The number of furan rings is 1. The lowest BCUT2D eigenvalue weighted by Crippen LogP contribution is -2.27. The van der Waals surface area contributed by atoms with Crippen LogP contribution in [0.1, 0.15) is 10.6 Å². The van der Waals surface area contributed by atoms with Crippen LogP contribution in [0.2, 0.25) is 0 Å². The molecule has 0 unspecified atom stereocenters. The molecule has 6 nitrogen and oxygen atoms in total. The summed E-state index contributed by atoms with van der Waals surface area (Å²) in [5.74, 6) is -0.925. The molecule has 6 heteroatoms. The maximum absolute atomic E-state index is 11.7. The maximum atomic E-state index is 11.7. The average molecular weight is 262 g/mol. The first-order valence-electron chi connectivity index (χ1n) is 5.63. The van der Waals surface area contributed by atoms with Crippen LogP contribution in [-0.2, 0) is 9.53 Å². The number of carbonyl (C=O) groups excluding carboxylic acids is 2. The minimum atomic E-state index is -0.676. The number of nitrogen functional groups attached to an aromatic ring is 1. The summed E-state index contributed by atoms with van der Waals surface area (Å²) in [5, 5.41) is 0.714. The molecule has 0 fully saturated rings. The molecule has 1 aromatic heterocycles. The van der Waals surface area contributed by atoms with Gasteiger partial charge in [0.2, 0.25) is 5.76 Å². The first-order valence-corrected chi connectivity index (χ1v) is 5.63. The summed E-state index contributed by atoms with van der Waals surface area (Å²) in [6.07, 6.45) is 0. The second-order valence-electron chi connectivity index (χ2n) is 4.27. The van der Waals surface area contributed by atoms with Crippen molar-refractivity contribution >= 4 is 28.5 Å². The average Bonchev–Trinajstić information content (AvgIpc) is 2.78. The van der Waals surface area contributed by atoms with Gasteiger partial charge in [-0.15, -0.1) is 0 Å². The summed E-state index contributed by atoms with van der Waals surface area (Å²) in [6, 6.07) is 6.58. The number of hydrogen-bond donors (Lipinski definition) is 1. The van der Waals surface area contributed by atoms with Crippen molar-refractivity contribution in [2.45, 2.75) is 0 Å². The molecule has 0 aliphatic carbocycles. The van der Waals surface area contributed by atoms with Gasteiger partial charge in [0, 0.05) is 25.2 Å². The fourth-order valence-corrected chi connectivity index (χ4v) is 1.49. The SMILES string of the molecule is CN(C)C(=O)COC(=O)c1cc2cc(N)ccc2o1. The van der Waals surface area contributed by atoms with Gasteiger partial charge in [-0.3, -0.25) is 4.79 Å². The van der Waals surface area contributed by atoms with E-state index in [1.165, 1.54) is 11.0 Å².